The molecular weight excluding hydrogens is 482 g/mol. The third-order valence-electron chi connectivity index (χ3n) is 4.33. The molecule has 1 heterocycles. The van der Waals surface area contributed by atoms with Crippen LogP contribution in [0.2, 0.25) is 0 Å². The summed E-state index contributed by atoms with van der Waals surface area (Å²) in [5, 5.41) is 4.09. The number of carbonyl (C=O) groups is 1. The van der Waals surface area contributed by atoms with Crippen LogP contribution in [0.1, 0.15) is 36.6 Å². The van der Waals surface area contributed by atoms with Crippen LogP contribution in [-0.2, 0) is 31.3 Å². The second-order valence-electron chi connectivity index (χ2n) is 6.44. The number of hydrogen-bond acceptors (Lipinski definition) is 7. The highest BCUT2D eigenvalue weighted by Crippen LogP contribution is 2.27. The smallest absolute Gasteiger partial charge is 0.373 e. The lowest BCUT2D eigenvalue weighted by atomic mass is 10.0. The highest BCUT2D eigenvalue weighted by atomic mass is 79.9. The van der Waals surface area contributed by atoms with Crippen LogP contribution < -0.4 is 0 Å². The molecule has 1 atom stereocenters. The molecule has 0 N–H and O–H groups in total. The molecule has 0 aliphatic rings. The Bertz CT molecular complexity index is 1010. The predicted octanol–water partition coefficient (Wildman–Crippen LogP) is 5.62. The fourth-order valence-corrected chi connectivity index (χ4v) is 4.10. The van der Waals surface area contributed by atoms with E-state index in [1.54, 1.807) is 0 Å². The summed E-state index contributed by atoms with van der Waals surface area (Å²) in [6, 6.07) is 15.9. The first-order valence-electron chi connectivity index (χ1n) is 9.53. The molecule has 31 heavy (non-hydrogen) atoms. The Morgan fingerprint density at radius 3 is 2.52 bits per heavy atom. The van der Waals surface area contributed by atoms with E-state index in [0.29, 0.717) is 5.69 Å². The van der Waals surface area contributed by atoms with Gasteiger partial charge in [0.25, 0.3) is 0 Å². The first-order chi connectivity index (χ1) is 15.0. The van der Waals surface area contributed by atoms with E-state index in [4.69, 9.17) is 18.8 Å². The summed E-state index contributed by atoms with van der Waals surface area (Å²) >= 11 is 5.38. The van der Waals surface area contributed by atoms with Gasteiger partial charge in [-0.25, -0.2) is 0 Å². The molecule has 0 bridgehead atoms. The number of ether oxygens (including phenoxy) is 1. The molecule has 0 aliphatic heterocycles. The third kappa shape index (κ3) is 7.51. The molecule has 0 saturated carbocycles. The molecule has 0 unspecified atom stereocenters. The van der Waals surface area contributed by atoms with Gasteiger partial charge < -0.3 is 9.26 Å². The van der Waals surface area contributed by atoms with Crippen molar-refractivity contribution < 1.29 is 23.6 Å². The maximum Gasteiger partial charge on any atom is 0.373 e. The van der Waals surface area contributed by atoms with E-state index in [2.05, 4.69) is 40.1 Å². The van der Waals surface area contributed by atoms with Crippen molar-refractivity contribution in [2.24, 2.45) is 0 Å². The molecule has 162 valence electrons. The van der Waals surface area contributed by atoms with E-state index in [1.165, 1.54) is 11.8 Å². The van der Waals surface area contributed by atoms with Crippen molar-refractivity contribution in [2.75, 3.05) is 5.75 Å². The van der Waals surface area contributed by atoms with Gasteiger partial charge in [0.05, 0.1) is 6.42 Å². The average molecular weight is 504 g/mol. The zero-order chi connectivity index (χ0) is 22.6. The molecule has 0 amide bonds. The molecule has 6 nitrogen and oxygen atoms in total. The summed E-state index contributed by atoms with van der Waals surface area (Å²) in [5.74, 6) is 1.76. The zero-order valence-electron chi connectivity index (χ0n) is 17.2. The number of hydrogen-bond donors (Lipinski definition) is 0. The lowest BCUT2D eigenvalue weighted by Gasteiger charge is -2.15. The van der Waals surface area contributed by atoms with Gasteiger partial charge in [0.1, 0.15) is 18.1 Å². The van der Waals surface area contributed by atoms with Gasteiger partial charge >= 0.3 is 12.1 Å². The number of thioether (sulfide) groups is 1. The lowest BCUT2D eigenvalue weighted by molar-refractivity contribution is -0.191. The van der Waals surface area contributed by atoms with Crippen LogP contribution in [0.4, 0.5) is 0 Å². The number of carbonyl (C=O) groups excluding carboxylic acids is 3. The maximum atomic E-state index is 12.5. The van der Waals surface area contributed by atoms with E-state index in [1.807, 2.05) is 55.1 Å². The molecular formula is C23H22BrNO5S. The van der Waals surface area contributed by atoms with Crippen molar-refractivity contribution in [2.45, 2.75) is 32.1 Å². The van der Waals surface area contributed by atoms with Gasteiger partial charge in [-0.15, -0.1) is 0 Å². The molecule has 8 heteroatoms. The first-order valence-corrected chi connectivity index (χ1v) is 11.5. The maximum absolute atomic E-state index is 12.5. The number of benzene rings is 2. The summed E-state index contributed by atoms with van der Waals surface area (Å²) in [4.78, 5) is 28.7. The van der Waals surface area contributed by atoms with Crippen LogP contribution >= 0.6 is 27.7 Å². The summed E-state index contributed by atoms with van der Waals surface area (Å²) in [7, 11) is 0. The van der Waals surface area contributed by atoms with Gasteiger partial charge in [-0.05, 0) is 24.3 Å². The fraction of sp³-hybridized carbons (Fsp3) is 0.261. The normalized spacial score (nSPS) is 11.1. The SMILES string of the molecule is CCSCc1ccc(-c2nocc2CC(=O)O[C@H](C)c2ccccc2Br)cc1.O=C=O. The minimum atomic E-state index is -0.346. The Morgan fingerprint density at radius 1 is 1.19 bits per heavy atom. The largest absolute Gasteiger partial charge is 0.457 e. The van der Waals surface area contributed by atoms with Crippen molar-refractivity contribution >= 4 is 39.8 Å². The fourth-order valence-electron chi connectivity index (χ4n) is 2.86. The number of rotatable bonds is 8. The van der Waals surface area contributed by atoms with Crippen LogP contribution in [0.3, 0.4) is 0 Å². The van der Waals surface area contributed by atoms with Gasteiger partial charge in [-0.2, -0.15) is 21.4 Å². The Labute approximate surface area is 193 Å². The van der Waals surface area contributed by atoms with Crippen molar-refractivity contribution in [1.82, 2.24) is 5.16 Å². The van der Waals surface area contributed by atoms with E-state index in [0.717, 1.165) is 32.7 Å². The lowest BCUT2D eigenvalue weighted by Crippen LogP contribution is -2.12. The molecule has 0 aliphatic carbocycles. The minimum absolute atomic E-state index is 0.112. The number of esters is 1. The molecule has 0 radical (unpaired) electrons. The van der Waals surface area contributed by atoms with Crippen molar-refractivity contribution in [3.8, 4) is 11.3 Å². The van der Waals surface area contributed by atoms with Gasteiger partial charge in [0, 0.05) is 26.9 Å². The third-order valence-corrected chi connectivity index (χ3v) is 6.00. The molecule has 3 rings (SSSR count). The van der Waals surface area contributed by atoms with E-state index >= 15 is 0 Å². The molecule has 0 saturated heterocycles. The quantitative estimate of drug-likeness (QED) is 0.368. The molecule has 1 aromatic heterocycles. The zero-order valence-corrected chi connectivity index (χ0v) is 19.6. The van der Waals surface area contributed by atoms with E-state index in [-0.39, 0.29) is 24.6 Å². The van der Waals surface area contributed by atoms with Crippen LogP contribution in [0.15, 0.2) is 63.8 Å². The summed E-state index contributed by atoms with van der Waals surface area (Å²) < 4.78 is 11.7. The molecule has 2 aromatic carbocycles. The van der Waals surface area contributed by atoms with E-state index < -0.39 is 0 Å². The van der Waals surface area contributed by atoms with Gasteiger partial charge in [-0.1, -0.05) is 70.5 Å². The Kier molecular flexibility index (Phi) is 10.2. The topological polar surface area (TPSA) is 86.5 Å². The first kappa shape index (κ1) is 24.6. The Morgan fingerprint density at radius 2 is 1.87 bits per heavy atom. The molecule has 0 spiro atoms. The second kappa shape index (κ2) is 12.9. The highest BCUT2D eigenvalue weighted by Gasteiger charge is 2.18. The highest BCUT2D eigenvalue weighted by molar-refractivity contribution is 9.10. The van der Waals surface area contributed by atoms with Crippen LogP contribution in [0.25, 0.3) is 11.3 Å². The predicted molar refractivity (Wildman–Crippen MR) is 121 cm³/mol. The van der Waals surface area contributed by atoms with Crippen molar-refractivity contribution in [3.63, 3.8) is 0 Å². The number of halogens is 1. The summed E-state index contributed by atoms with van der Waals surface area (Å²) in [6.07, 6.45) is 1.53. The van der Waals surface area contributed by atoms with Crippen LogP contribution in [0.5, 0.6) is 0 Å². The monoisotopic (exact) mass is 503 g/mol. The van der Waals surface area contributed by atoms with E-state index in [9.17, 15) is 4.79 Å². The molecule has 3 aromatic rings. The van der Waals surface area contributed by atoms with Gasteiger partial charge in [0.2, 0.25) is 0 Å². The second-order valence-corrected chi connectivity index (χ2v) is 8.56. The van der Waals surface area contributed by atoms with Gasteiger partial charge in [-0.3, -0.25) is 4.79 Å². The summed E-state index contributed by atoms with van der Waals surface area (Å²) in [5.41, 5.74) is 4.53. The Hall–Kier alpha value is -2.67. The van der Waals surface area contributed by atoms with Crippen LogP contribution in [0, 0.1) is 0 Å². The van der Waals surface area contributed by atoms with Crippen molar-refractivity contribution in [1.29, 1.82) is 0 Å². The molecule has 0 fully saturated rings. The van der Waals surface area contributed by atoms with Crippen LogP contribution in [-0.4, -0.2) is 23.0 Å². The average Bonchev–Trinajstić information content (AvgIpc) is 3.21. The van der Waals surface area contributed by atoms with Gasteiger partial charge in [0.15, 0.2) is 0 Å². The minimum Gasteiger partial charge on any atom is -0.457 e. The van der Waals surface area contributed by atoms with Crippen molar-refractivity contribution in [3.05, 3.63) is 76.0 Å². The Balaban J connectivity index is 0.00000107. The number of nitrogens with zero attached hydrogens (tertiary/aromatic N) is 1. The number of aromatic nitrogens is 1. The standard InChI is InChI=1S/C22H22BrNO3S.CO2/c1-3-28-14-16-8-10-17(11-9-16)22-18(13-26-24-22)12-21(25)27-15(2)19-6-4-5-7-20(19)23;2-1-3/h4-11,13,15H,3,12,14H2,1-2H3;/t15-;/m1./s1. The summed E-state index contributed by atoms with van der Waals surface area (Å²) in [6.45, 7) is 4.01.